The van der Waals surface area contributed by atoms with Crippen LogP contribution >= 0.6 is 0 Å². The molecule has 0 aliphatic carbocycles. The van der Waals surface area contributed by atoms with E-state index in [2.05, 4.69) is 41.2 Å². The maximum absolute atomic E-state index is 11.9. The fraction of sp³-hybridized carbons (Fsp3) is 0.407. The Morgan fingerprint density at radius 2 is 1.88 bits per heavy atom. The summed E-state index contributed by atoms with van der Waals surface area (Å²) in [4.78, 5) is 23.2. The highest BCUT2D eigenvalue weighted by molar-refractivity contribution is 5.88. The summed E-state index contributed by atoms with van der Waals surface area (Å²) in [5.74, 6) is -0.266. The van der Waals surface area contributed by atoms with Gasteiger partial charge in [-0.25, -0.2) is 4.79 Å². The summed E-state index contributed by atoms with van der Waals surface area (Å²) in [6.45, 7) is 5.88. The van der Waals surface area contributed by atoms with Crippen LogP contribution in [0.3, 0.4) is 0 Å². The zero-order valence-electron chi connectivity index (χ0n) is 19.8. The Balaban J connectivity index is 1.85. The SMILES string of the molecule is CCCNC(=O)CCCc1ccc2c(c1)c(Cc1ccc(C(=O)O)cc1OC)cn2CCC. The first-order valence-electron chi connectivity index (χ1n) is 11.7. The number of hydrogen-bond acceptors (Lipinski definition) is 3. The first-order valence-corrected chi connectivity index (χ1v) is 11.7. The van der Waals surface area contributed by atoms with Gasteiger partial charge in [-0.2, -0.15) is 0 Å². The van der Waals surface area contributed by atoms with Gasteiger partial charge < -0.3 is 19.7 Å². The lowest BCUT2D eigenvalue weighted by atomic mass is 9.99. The van der Waals surface area contributed by atoms with E-state index in [1.54, 1.807) is 19.2 Å². The Morgan fingerprint density at radius 3 is 2.58 bits per heavy atom. The molecule has 33 heavy (non-hydrogen) atoms. The predicted molar refractivity (Wildman–Crippen MR) is 131 cm³/mol. The van der Waals surface area contributed by atoms with E-state index < -0.39 is 5.97 Å². The molecule has 3 aromatic rings. The van der Waals surface area contributed by atoms with Crippen molar-refractivity contribution in [3.05, 3.63) is 64.8 Å². The van der Waals surface area contributed by atoms with E-state index in [1.165, 1.54) is 22.0 Å². The molecule has 2 N–H and O–H groups in total. The van der Waals surface area contributed by atoms with Gasteiger partial charge in [0.2, 0.25) is 5.91 Å². The fourth-order valence-corrected chi connectivity index (χ4v) is 4.18. The van der Waals surface area contributed by atoms with Crippen LogP contribution in [-0.2, 0) is 24.2 Å². The highest BCUT2D eigenvalue weighted by atomic mass is 16.5. The lowest BCUT2D eigenvalue weighted by Crippen LogP contribution is -2.23. The minimum Gasteiger partial charge on any atom is -0.496 e. The third kappa shape index (κ3) is 6.15. The third-order valence-corrected chi connectivity index (χ3v) is 5.85. The van der Waals surface area contributed by atoms with Crippen molar-refractivity contribution in [3.8, 4) is 5.75 Å². The Kier molecular flexibility index (Phi) is 8.52. The summed E-state index contributed by atoms with van der Waals surface area (Å²) in [7, 11) is 1.57. The largest absolute Gasteiger partial charge is 0.496 e. The summed E-state index contributed by atoms with van der Waals surface area (Å²) < 4.78 is 7.78. The van der Waals surface area contributed by atoms with Crippen molar-refractivity contribution in [1.29, 1.82) is 0 Å². The number of nitrogens with one attached hydrogen (secondary N) is 1. The Morgan fingerprint density at radius 1 is 1.06 bits per heavy atom. The number of carboxylic acid groups (broad SMARTS) is 1. The number of rotatable bonds is 12. The molecule has 0 bridgehead atoms. The number of carbonyl (C=O) groups is 2. The molecule has 0 fully saturated rings. The van der Waals surface area contributed by atoms with E-state index in [-0.39, 0.29) is 11.5 Å². The number of carboxylic acids is 1. The van der Waals surface area contributed by atoms with Crippen LogP contribution in [0.1, 0.15) is 66.6 Å². The minimum atomic E-state index is -0.965. The number of aromatic nitrogens is 1. The zero-order valence-corrected chi connectivity index (χ0v) is 19.8. The van der Waals surface area contributed by atoms with Crippen molar-refractivity contribution in [3.63, 3.8) is 0 Å². The number of hydrogen-bond donors (Lipinski definition) is 2. The Labute approximate surface area is 195 Å². The number of nitrogens with zero attached hydrogens (tertiary/aromatic N) is 1. The molecule has 0 radical (unpaired) electrons. The number of aromatic carboxylic acids is 1. The molecular formula is C27H34N2O4. The molecule has 0 saturated heterocycles. The fourth-order valence-electron chi connectivity index (χ4n) is 4.18. The van der Waals surface area contributed by atoms with E-state index in [0.29, 0.717) is 18.6 Å². The maximum Gasteiger partial charge on any atom is 0.335 e. The molecule has 0 aliphatic rings. The molecule has 176 valence electrons. The highest BCUT2D eigenvalue weighted by Crippen LogP contribution is 2.29. The Hall–Kier alpha value is -3.28. The van der Waals surface area contributed by atoms with Crippen molar-refractivity contribution >= 4 is 22.8 Å². The summed E-state index contributed by atoms with van der Waals surface area (Å²) in [5, 5.41) is 13.4. The molecule has 0 saturated carbocycles. The van der Waals surface area contributed by atoms with Crippen LogP contribution in [0, 0.1) is 0 Å². The maximum atomic E-state index is 11.9. The molecule has 0 unspecified atom stereocenters. The third-order valence-electron chi connectivity index (χ3n) is 5.85. The van der Waals surface area contributed by atoms with Crippen LogP contribution in [-0.4, -0.2) is 35.2 Å². The average Bonchev–Trinajstić information content (AvgIpc) is 3.14. The molecule has 0 aliphatic heterocycles. The van der Waals surface area contributed by atoms with Crippen LogP contribution in [0.25, 0.3) is 10.9 Å². The summed E-state index contributed by atoms with van der Waals surface area (Å²) >= 11 is 0. The number of amides is 1. The first kappa shape index (κ1) is 24.4. The Bertz CT molecular complexity index is 1120. The van der Waals surface area contributed by atoms with Crippen molar-refractivity contribution in [1.82, 2.24) is 9.88 Å². The number of aryl methyl sites for hydroxylation is 2. The van der Waals surface area contributed by atoms with Crippen molar-refractivity contribution in [2.24, 2.45) is 0 Å². The molecule has 1 amide bonds. The van der Waals surface area contributed by atoms with E-state index in [0.717, 1.165) is 44.3 Å². The van der Waals surface area contributed by atoms with Crippen LogP contribution < -0.4 is 10.1 Å². The lowest BCUT2D eigenvalue weighted by molar-refractivity contribution is -0.121. The average molecular weight is 451 g/mol. The van der Waals surface area contributed by atoms with Crippen molar-refractivity contribution in [2.75, 3.05) is 13.7 Å². The number of carbonyl (C=O) groups excluding carboxylic acids is 1. The topological polar surface area (TPSA) is 80.6 Å². The van der Waals surface area contributed by atoms with E-state index in [4.69, 9.17) is 4.74 Å². The first-order chi connectivity index (χ1) is 16.0. The molecule has 1 heterocycles. The van der Waals surface area contributed by atoms with Gasteiger partial charge in [0.1, 0.15) is 5.75 Å². The van der Waals surface area contributed by atoms with Crippen LogP contribution in [0.4, 0.5) is 0 Å². The van der Waals surface area contributed by atoms with E-state index in [1.807, 2.05) is 13.0 Å². The quantitative estimate of drug-likeness (QED) is 0.398. The van der Waals surface area contributed by atoms with Gasteiger partial charge in [-0.3, -0.25) is 4.79 Å². The molecule has 2 aromatic carbocycles. The molecule has 0 atom stereocenters. The minimum absolute atomic E-state index is 0.115. The highest BCUT2D eigenvalue weighted by Gasteiger charge is 2.14. The van der Waals surface area contributed by atoms with Gasteiger partial charge in [0.15, 0.2) is 0 Å². The predicted octanol–water partition coefficient (Wildman–Crippen LogP) is 5.20. The van der Waals surface area contributed by atoms with Crippen LogP contribution in [0.5, 0.6) is 5.75 Å². The zero-order chi connectivity index (χ0) is 23.8. The monoisotopic (exact) mass is 450 g/mol. The number of fused-ring (bicyclic) bond motifs is 1. The lowest BCUT2D eigenvalue weighted by Gasteiger charge is -2.09. The second-order valence-electron chi connectivity index (χ2n) is 8.41. The normalized spacial score (nSPS) is 11.0. The van der Waals surface area contributed by atoms with Gasteiger partial charge in [-0.05, 0) is 66.6 Å². The van der Waals surface area contributed by atoms with Gasteiger partial charge in [0.25, 0.3) is 0 Å². The van der Waals surface area contributed by atoms with Crippen LogP contribution in [0.2, 0.25) is 0 Å². The molecular weight excluding hydrogens is 416 g/mol. The van der Waals surface area contributed by atoms with Gasteiger partial charge in [0.05, 0.1) is 12.7 Å². The van der Waals surface area contributed by atoms with Gasteiger partial charge >= 0.3 is 5.97 Å². The van der Waals surface area contributed by atoms with Gasteiger partial charge in [-0.15, -0.1) is 0 Å². The summed E-state index contributed by atoms with van der Waals surface area (Å²) in [6.07, 6.45) is 7.04. The molecule has 6 nitrogen and oxygen atoms in total. The number of ether oxygens (including phenoxy) is 1. The summed E-state index contributed by atoms with van der Waals surface area (Å²) in [5.41, 5.74) is 4.76. The number of methoxy groups -OCH3 is 1. The second-order valence-corrected chi connectivity index (χ2v) is 8.41. The van der Waals surface area contributed by atoms with E-state index >= 15 is 0 Å². The second kappa shape index (κ2) is 11.5. The molecule has 1 aromatic heterocycles. The molecule has 3 rings (SSSR count). The van der Waals surface area contributed by atoms with Crippen LogP contribution in [0.15, 0.2) is 42.6 Å². The standard InChI is InChI=1S/C27H34N2O4/c1-4-13-28-26(30)8-6-7-19-9-12-24-23(15-19)22(18-29(24)14-5-2)16-20-10-11-21(27(31)32)17-25(20)33-3/h9-12,15,17-18H,4-8,13-14,16H2,1-3H3,(H,28,30)(H,31,32). The van der Waals surface area contributed by atoms with Gasteiger partial charge in [-0.1, -0.05) is 26.0 Å². The van der Waals surface area contributed by atoms with Gasteiger partial charge in [0, 0.05) is 43.0 Å². The van der Waals surface area contributed by atoms with E-state index in [9.17, 15) is 14.7 Å². The molecule has 0 spiro atoms. The summed E-state index contributed by atoms with van der Waals surface area (Å²) in [6, 6.07) is 11.6. The number of benzene rings is 2. The van der Waals surface area contributed by atoms with Crippen molar-refractivity contribution in [2.45, 2.75) is 58.9 Å². The van der Waals surface area contributed by atoms with Crippen molar-refractivity contribution < 1.29 is 19.4 Å². The smallest absolute Gasteiger partial charge is 0.335 e. The molecule has 6 heteroatoms.